The molecule has 1 heterocycles. The molecule has 2 aromatic carbocycles. The summed E-state index contributed by atoms with van der Waals surface area (Å²) in [6.07, 6.45) is 3.37. The van der Waals surface area contributed by atoms with Gasteiger partial charge in [-0.25, -0.2) is 8.42 Å². The Kier molecular flexibility index (Phi) is 7.50. The Hall–Kier alpha value is -2.38. The van der Waals surface area contributed by atoms with Gasteiger partial charge in [-0.05, 0) is 75.1 Å². The van der Waals surface area contributed by atoms with Crippen molar-refractivity contribution in [2.24, 2.45) is 5.92 Å². The molecule has 7 heteroatoms. The summed E-state index contributed by atoms with van der Waals surface area (Å²) >= 11 is 0. The van der Waals surface area contributed by atoms with E-state index < -0.39 is 10.0 Å². The molecule has 0 spiro atoms. The molecule has 3 rings (SSSR count). The van der Waals surface area contributed by atoms with Gasteiger partial charge in [0.05, 0.1) is 10.6 Å². The van der Waals surface area contributed by atoms with Gasteiger partial charge in [-0.15, -0.1) is 0 Å². The summed E-state index contributed by atoms with van der Waals surface area (Å²) < 4.78 is 27.1. The van der Waals surface area contributed by atoms with Crippen molar-refractivity contribution in [3.05, 3.63) is 60.2 Å². The number of nitrogens with one attached hydrogen (secondary N) is 1. The van der Waals surface area contributed by atoms with Gasteiger partial charge in [0.25, 0.3) is 15.9 Å². The maximum Gasteiger partial charge on any atom is 0.264 e. The van der Waals surface area contributed by atoms with Gasteiger partial charge in [-0.3, -0.25) is 9.10 Å². The van der Waals surface area contributed by atoms with E-state index in [1.807, 2.05) is 6.07 Å². The minimum Gasteiger partial charge on any atom is -0.352 e. The molecule has 1 aliphatic rings. The number of amides is 1. The molecule has 0 atom stereocenters. The van der Waals surface area contributed by atoms with Crippen LogP contribution in [0.4, 0.5) is 5.69 Å². The standard InChI is InChI=1S/C23H31N3O3S/c1-19-12-16-26(17-13-19)15-7-14-24-23(27)20-8-6-11-22(18-20)30(28,29)25(2)21-9-4-3-5-10-21/h3-6,8-11,18-19H,7,12-17H2,1-2H3,(H,24,27). The van der Waals surface area contributed by atoms with Gasteiger partial charge >= 0.3 is 0 Å². The fraction of sp³-hybridized carbons (Fsp3) is 0.435. The van der Waals surface area contributed by atoms with E-state index in [0.717, 1.165) is 32.0 Å². The third-order valence-electron chi connectivity index (χ3n) is 5.69. The fourth-order valence-corrected chi connectivity index (χ4v) is 4.87. The number of hydrogen-bond donors (Lipinski definition) is 1. The third-order valence-corrected chi connectivity index (χ3v) is 7.47. The third kappa shape index (κ3) is 5.61. The zero-order valence-corrected chi connectivity index (χ0v) is 18.6. The van der Waals surface area contributed by atoms with Crippen molar-refractivity contribution in [2.75, 3.05) is 37.5 Å². The molecular formula is C23H31N3O3S. The second kappa shape index (κ2) is 10.1. The fourth-order valence-electron chi connectivity index (χ4n) is 3.62. The number of para-hydroxylation sites is 1. The van der Waals surface area contributed by atoms with Crippen molar-refractivity contribution < 1.29 is 13.2 Å². The minimum atomic E-state index is -3.75. The zero-order chi connectivity index (χ0) is 21.6. The molecule has 162 valence electrons. The number of rotatable bonds is 8. The highest BCUT2D eigenvalue weighted by Crippen LogP contribution is 2.22. The van der Waals surface area contributed by atoms with Gasteiger partial charge in [0.15, 0.2) is 0 Å². The first-order chi connectivity index (χ1) is 14.4. The normalized spacial score (nSPS) is 15.7. The van der Waals surface area contributed by atoms with Crippen LogP contribution in [-0.2, 0) is 10.0 Å². The molecule has 2 aromatic rings. The van der Waals surface area contributed by atoms with E-state index in [1.165, 1.54) is 36.3 Å². The van der Waals surface area contributed by atoms with Crippen LogP contribution in [0.25, 0.3) is 0 Å². The van der Waals surface area contributed by atoms with Gasteiger partial charge in [-0.1, -0.05) is 31.2 Å². The molecule has 0 aromatic heterocycles. The molecule has 1 N–H and O–H groups in total. The summed E-state index contributed by atoms with van der Waals surface area (Å²) in [5.41, 5.74) is 0.920. The first kappa shape index (κ1) is 22.3. The van der Waals surface area contributed by atoms with E-state index in [-0.39, 0.29) is 10.8 Å². The van der Waals surface area contributed by atoms with Gasteiger partial charge < -0.3 is 10.2 Å². The van der Waals surface area contributed by atoms with Crippen LogP contribution < -0.4 is 9.62 Å². The van der Waals surface area contributed by atoms with E-state index in [0.29, 0.717) is 17.8 Å². The van der Waals surface area contributed by atoms with Crippen LogP contribution in [0, 0.1) is 5.92 Å². The summed E-state index contributed by atoms with van der Waals surface area (Å²) in [5.74, 6) is 0.562. The maximum absolute atomic E-state index is 13.0. The molecule has 0 bridgehead atoms. The predicted octanol–water partition coefficient (Wildman–Crippen LogP) is 3.36. The lowest BCUT2D eigenvalue weighted by atomic mass is 9.99. The molecule has 1 fully saturated rings. The molecule has 30 heavy (non-hydrogen) atoms. The lowest BCUT2D eigenvalue weighted by Crippen LogP contribution is -2.35. The summed E-state index contributed by atoms with van der Waals surface area (Å²) in [7, 11) is -2.23. The van der Waals surface area contributed by atoms with Gasteiger partial charge in [0, 0.05) is 19.2 Å². The molecule has 0 aliphatic carbocycles. The summed E-state index contributed by atoms with van der Waals surface area (Å²) in [5, 5.41) is 2.91. The quantitative estimate of drug-likeness (QED) is 0.653. The Morgan fingerprint density at radius 1 is 1.10 bits per heavy atom. The van der Waals surface area contributed by atoms with Crippen molar-refractivity contribution >= 4 is 21.6 Å². The second-order valence-electron chi connectivity index (χ2n) is 7.97. The van der Waals surface area contributed by atoms with Crippen molar-refractivity contribution in [3.63, 3.8) is 0 Å². The maximum atomic E-state index is 13.0. The zero-order valence-electron chi connectivity index (χ0n) is 17.8. The molecular weight excluding hydrogens is 398 g/mol. The van der Waals surface area contributed by atoms with Crippen LogP contribution >= 0.6 is 0 Å². The molecule has 0 saturated carbocycles. The number of piperidine rings is 1. The molecule has 6 nitrogen and oxygen atoms in total. The first-order valence-electron chi connectivity index (χ1n) is 10.5. The highest BCUT2D eigenvalue weighted by molar-refractivity contribution is 7.92. The molecule has 0 radical (unpaired) electrons. The van der Waals surface area contributed by atoms with Crippen LogP contribution in [0.3, 0.4) is 0 Å². The Morgan fingerprint density at radius 3 is 2.50 bits per heavy atom. The number of carbonyl (C=O) groups is 1. The Labute approximate surface area is 179 Å². The summed E-state index contributed by atoms with van der Waals surface area (Å²) in [6.45, 7) is 6.10. The SMILES string of the molecule is CC1CCN(CCCNC(=O)c2cccc(S(=O)(=O)N(C)c3ccccc3)c2)CC1. The molecule has 1 aliphatic heterocycles. The van der Waals surface area contributed by atoms with Gasteiger partial charge in [0.2, 0.25) is 0 Å². The Balaban J connectivity index is 1.57. The van der Waals surface area contributed by atoms with E-state index in [2.05, 4.69) is 17.1 Å². The second-order valence-corrected chi connectivity index (χ2v) is 9.94. The van der Waals surface area contributed by atoms with Crippen LogP contribution in [0.1, 0.15) is 36.5 Å². The number of anilines is 1. The van der Waals surface area contributed by atoms with E-state index in [1.54, 1.807) is 36.4 Å². The van der Waals surface area contributed by atoms with Crippen molar-refractivity contribution in [1.82, 2.24) is 10.2 Å². The van der Waals surface area contributed by atoms with Crippen molar-refractivity contribution in [2.45, 2.75) is 31.1 Å². The van der Waals surface area contributed by atoms with Gasteiger partial charge in [-0.2, -0.15) is 0 Å². The van der Waals surface area contributed by atoms with Crippen LogP contribution in [0.2, 0.25) is 0 Å². The smallest absolute Gasteiger partial charge is 0.264 e. The monoisotopic (exact) mass is 429 g/mol. The average Bonchev–Trinajstić information content (AvgIpc) is 2.78. The highest BCUT2D eigenvalue weighted by atomic mass is 32.2. The first-order valence-corrected chi connectivity index (χ1v) is 12.0. The Morgan fingerprint density at radius 2 is 1.80 bits per heavy atom. The number of likely N-dealkylation sites (tertiary alicyclic amines) is 1. The lowest BCUT2D eigenvalue weighted by molar-refractivity contribution is 0.0950. The van der Waals surface area contributed by atoms with E-state index in [9.17, 15) is 13.2 Å². The number of carbonyl (C=O) groups excluding carboxylic acids is 1. The van der Waals surface area contributed by atoms with Crippen molar-refractivity contribution in [1.29, 1.82) is 0 Å². The van der Waals surface area contributed by atoms with Gasteiger partial charge in [0.1, 0.15) is 0 Å². The highest BCUT2D eigenvalue weighted by Gasteiger charge is 2.22. The predicted molar refractivity (Wildman–Crippen MR) is 120 cm³/mol. The average molecular weight is 430 g/mol. The molecule has 0 unspecified atom stereocenters. The summed E-state index contributed by atoms with van der Waals surface area (Å²) in [6, 6.07) is 15.1. The molecule has 1 amide bonds. The Bertz CT molecular complexity index is 939. The number of sulfonamides is 1. The minimum absolute atomic E-state index is 0.101. The number of benzene rings is 2. The topological polar surface area (TPSA) is 69.7 Å². The summed E-state index contributed by atoms with van der Waals surface area (Å²) in [4.78, 5) is 15.1. The molecule has 1 saturated heterocycles. The largest absolute Gasteiger partial charge is 0.352 e. The van der Waals surface area contributed by atoms with Crippen LogP contribution in [-0.4, -0.2) is 52.5 Å². The lowest BCUT2D eigenvalue weighted by Gasteiger charge is -2.30. The van der Waals surface area contributed by atoms with E-state index >= 15 is 0 Å². The number of nitrogens with zero attached hydrogens (tertiary/aromatic N) is 2. The van der Waals surface area contributed by atoms with Crippen LogP contribution in [0.5, 0.6) is 0 Å². The van der Waals surface area contributed by atoms with Crippen molar-refractivity contribution in [3.8, 4) is 0 Å². The van der Waals surface area contributed by atoms with E-state index in [4.69, 9.17) is 0 Å². The van der Waals surface area contributed by atoms with Crippen LogP contribution in [0.15, 0.2) is 59.5 Å². The number of hydrogen-bond acceptors (Lipinski definition) is 4.